The van der Waals surface area contributed by atoms with Crippen LogP contribution in [-0.4, -0.2) is 25.2 Å². The summed E-state index contributed by atoms with van der Waals surface area (Å²) in [7, 11) is 1.94. The van der Waals surface area contributed by atoms with E-state index in [4.69, 9.17) is 9.47 Å². The van der Waals surface area contributed by atoms with Crippen molar-refractivity contribution in [3.05, 3.63) is 53.3 Å². The first kappa shape index (κ1) is 12.9. The summed E-state index contributed by atoms with van der Waals surface area (Å²) in [5.41, 5.74) is 3.20. The number of rotatable bonds is 3. The molecule has 20 heavy (non-hydrogen) atoms. The molecule has 1 aliphatic rings. The summed E-state index contributed by atoms with van der Waals surface area (Å²) in [6.45, 7) is 3.18. The topological polar surface area (TPSA) is 43.4 Å². The van der Waals surface area contributed by atoms with E-state index in [1.54, 1.807) is 0 Å². The highest BCUT2D eigenvalue weighted by atomic mass is 16.6. The van der Waals surface area contributed by atoms with Crippen LogP contribution in [0.2, 0.25) is 0 Å². The first-order valence-electron chi connectivity index (χ1n) is 6.78. The van der Waals surface area contributed by atoms with Gasteiger partial charge >= 0.3 is 0 Å². The minimum absolute atomic E-state index is 0.0414. The molecule has 1 aromatic heterocycles. The minimum atomic E-state index is 0.0414. The summed E-state index contributed by atoms with van der Waals surface area (Å²) in [6, 6.07) is 10.2. The number of benzene rings is 1. The summed E-state index contributed by atoms with van der Waals surface area (Å²) < 4.78 is 11.4. The molecule has 1 atom stereocenters. The zero-order chi connectivity index (χ0) is 13.9. The number of aromatic nitrogens is 1. The van der Waals surface area contributed by atoms with Gasteiger partial charge in [-0.3, -0.25) is 4.98 Å². The van der Waals surface area contributed by atoms with Crippen LogP contribution < -0.4 is 14.8 Å². The second-order valence-electron chi connectivity index (χ2n) is 4.83. The SMILES string of the molecule is CNC(c1ccc(C)nc1)c1cccc2c1OCCO2. The van der Waals surface area contributed by atoms with Gasteiger partial charge in [0.15, 0.2) is 11.5 Å². The molecule has 0 fully saturated rings. The van der Waals surface area contributed by atoms with Gasteiger partial charge in [-0.05, 0) is 31.7 Å². The van der Waals surface area contributed by atoms with Crippen LogP contribution in [0.5, 0.6) is 11.5 Å². The summed E-state index contributed by atoms with van der Waals surface area (Å²) in [5.74, 6) is 1.65. The summed E-state index contributed by atoms with van der Waals surface area (Å²) >= 11 is 0. The Kier molecular flexibility index (Phi) is 3.56. The number of hydrogen-bond acceptors (Lipinski definition) is 4. The zero-order valence-electron chi connectivity index (χ0n) is 11.7. The Morgan fingerprint density at radius 1 is 1.15 bits per heavy atom. The maximum absolute atomic E-state index is 5.80. The minimum Gasteiger partial charge on any atom is -0.486 e. The predicted octanol–water partition coefficient (Wildman–Crippen LogP) is 2.47. The molecule has 4 heteroatoms. The monoisotopic (exact) mass is 270 g/mol. The van der Waals surface area contributed by atoms with Crippen molar-refractivity contribution in [1.82, 2.24) is 10.3 Å². The van der Waals surface area contributed by atoms with Crippen molar-refractivity contribution >= 4 is 0 Å². The molecule has 0 amide bonds. The van der Waals surface area contributed by atoms with Gasteiger partial charge in [0.25, 0.3) is 0 Å². The number of aryl methyl sites for hydroxylation is 1. The fourth-order valence-electron chi connectivity index (χ4n) is 2.48. The van der Waals surface area contributed by atoms with E-state index in [0.717, 1.165) is 28.3 Å². The van der Waals surface area contributed by atoms with Crippen LogP contribution in [0, 0.1) is 6.92 Å². The van der Waals surface area contributed by atoms with Gasteiger partial charge in [-0.15, -0.1) is 0 Å². The molecule has 0 saturated carbocycles. The quantitative estimate of drug-likeness (QED) is 0.930. The zero-order valence-corrected chi connectivity index (χ0v) is 11.7. The molecule has 0 bridgehead atoms. The number of para-hydroxylation sites is 1. The Morgan fingerprint density at radius 2 is 2.00 bits per heavy atom. The van der Waals surface area contributed by atoms with Gasteiger partial charge in [0, 0.05) is 17.5 Å². The van der Waals surface area contributed by atoms with E-state index < -0.39 is 0 Å². The molecule has 0 aliphatic carbocycles. The van der Waals surface area contributed by atoms with Gasteiger partial charge in [-0.2, -0.15) is 0 Å². The highest BCUT2D eigenvalue weighted by Crippen LogP contribution is 2.38. The van der Waals surface area contributed by atoms with E-state index in [1.807, 2.05) is 38.4 Å². The van der Waals surface area contributed by atoms with E-state index >= 15 is 0 Å². The van der Waals surface area contributed by atoms with Gasteiger partial charge in [-0.1, -0.05) is 18.2 Å². The summed E-state index contributed by atoms with van der Waals surface area (Å²) in [4.78, 5) is 4.37. The predicted molar refractivity (Wildman–Crippen MR) is 77.3 cm³/mol. The molecule has 1 unspecified atom stereocenters. The molecular weight excluding hydrogens is 252 g/mol. The normalized spacial score (nSPS) is 14.9. The van der Waals surface area contributed by atoms with Gasteiger partial charge in [0.1, 0.15) is 13.2 Å². The first-order chi connectivity index (χ1) is 9.79. The van der Waals surface area contributed by atoms with E-state index in [-0.39, 0.29) is 6.04 Å². The van der Waals surface area contributed by atoms with Gasteiger partial charge < -0.3 is 14.8 Å². The first-order valence-corrected chi connectivity index (χ1v) is 6.78. The largest absolute Gasteiger partial charge is 0.486 e. The lowest BCUT2D eigenvalue weighted by atomic mass is 9.98. The molecule has 0 saturated heterocycles. The fraction of sp³-hybridized carbons (Fsp3) is 0.312. The molecule has 3 rings (SSSR count). The van der Waals surface area contributed by atoms with Crippen LogP contribution in [0.4, 0.5) is 0 Å². The van der Waals surface area contributed by atoms with Crippen LogP contribution in [0.15, 0.2) is 36.5 Å². The Morgan fingerprint density at radius 3 is 2.75 bits per heavy atom. The molecule has 0 spiro atoms. The average Bonchev–Trinajstić information content (AvgIpc) is 2.50. The fourth-order valence-corrected chi connectivity index (χ4v) is 2.48. The summed E-state index contributed by atoms with van der Waals surface area (Å²) in [5, 5.41) is 3.33. The molecule has 1 aromatic carbocycles. The van der Waals surface area contributed by atoms with Crippen molar-refractivity contribution in [2.45, 2.75) is 13.0 Å². The number of pyridine rings is 1. The van der Waals surface area contributed by atoms with Gasteiger partial charge in [0.2, 0.25) is 0 Å². The molecule has 2 aromatic rings. The van der Waals surface area contributed by atoms with Crippen LogP contribution in [0.25, 0.3) is 0 Å². The summed E-state index contributed by atoms with van der Waals surface area (Å²) in [6.07, 6.45) is 1.90. The van der Waals surface area contributed by atoms with Crippen molar-refractivity contribution in [2.75, 3.05) is 20.3 Å². The molecule has 0 radical (unpaired) electrons. The lowest BCUT2D eigenvalue weighted by Crippen LogP contribution is -2.22. The third kappa shape index (κ3) is 2.34. The highest BCUT2D eigenvalue weighted by Gasteiger charge is 2.22. The molecule has 1 aliphatic heterocycles. The van der Waals surface area contributed by atoms with Crippen molar-refractivity contribution in [3.63, 3.8) is 0 Å². The Labute approximate surface area is 118 Å². The van der Waals surface area contributed by atoms with Crippen LogP contribution in [0.1, 0.15) is 22.9 Å². The Balaban J connectivity index is 2.03. The standard InChI is InChI=1S/C16H18N2O2/c1-11-6-7-12(10-18-11)15(17-2)13-4-3-5-14-16(13)20-9-8-19-14/h3-7,10,15,17H,8-9H2,1-2H3. The lowest BCUT2D eigenvalue weighted by Gasteiger charge is -2.25. The van der Waals surface area contributed by atoms with E-state index in [0.29, 0.717) is 13.2 Å². The molecule has 1 N–H and O–H groups in total. The van der Waals surface area contributed by atoms with Crippen LogP contribution in [-0.2, 0) is 0 Å². The van der Waals surface area contributed by atoms with E-state index in [9.17, 15) is 0 Å². The van der Waals surface area contributed by atoms with Crippen molar-refractivity contribution in [2.24, 2.45) is 0 Å². The second kappa shape index (κ2) is 5.51. The lowest BCUT2D eigenvalue weighted by molar-refractivity contribution is 0.169. The smallest absolute Gasteiger partial charge is 0.166 e. The van der Waals surface area contributed by atoms with Crippen LogP contribution in [0.3, 0.4) is 0 Å². The van der Waals surface area contributed by atoms with Crippen molar-refractivity contribution < 1.29 is 9.47 Å². The number of fused-ring (bicyclic) bond motifs is 1. The van der Waals surface area contributed by atoms with Crippen molar-refractivity contribution in [1.29, 1.82) is 0 Å². The average molecular weight is 270 g/mol. The van der Waals surface area contributed by atoms with Gasteiger partial charge in [-0.25, -0.2) is 0 Å². The number of hydrogen-bond donors (Lipinski definition) is 1. The highest BCUT2D eigenvalue weighted by molar-refractivity contribution is 5.51. The molecule has 4 nitrogen and oxygen atoms in total. The van der Waals surface area contributed by atoms with E-state index in [2.05, 4.69) is 22.4 Å². The number of nitrogens with zero attached hydrogens (tertiary/aromatic N) is 1. The second-order valence-corrected chi connectivity index (χ2v) is 4.83. The third-order valence-corrected chi connectivity index (χ3v) is 3.46. The third-order valence-electron chi connectivity index (χ3n) is 3.46. The van der Waals surface area contributed by atoms with E-state index in [1.165, 1.54) is 0 Å². The number of ether oxygens (including phenoxy) is 2. The van der Waals surface area contributed by atoms with Crippen molar-refractivity contribution in [3.8, 4) is 11.5 Å². The molecule has 104 valence electrons. The Bertz CT molecular complexity index is 596. The maximum atomic E-state index is 5.80. The van der Waals surface area contributed by atoms with Gasteiger partial charge in [0.05, 0.1) is 6.04 Å². The molecular formula is C16H18N2O2. The van der Waals surface area contributed by atoms with Crippen LogP contribution >= 0.6 is 0 Å². The Hall–Kier alpha value is -2.07. The number of nitrogens with one attached hydrogen (secondary N) is 1. The maximum Gasteiger partial charge on any atom is 0.166 e. The molecule has 2 heterocycles.